The van der Waals surface area contributed by atoms with Crippen molar-refractivity contribution < 1.29 is 9.53 Å². The van der Waals surface area contributed by atoms with E-state index in [0.29, 0.717) is 22.6 Å². The van der Waals surface area contributed by atoms with E-state index in [1.165, 1.54) is 13.1 Å². The Kier molecular flexibility index (Phi) is 2.36. The van der Waals surface area contributed by atoms with Gasteiger partial charge in [-0.1, -0.05) is 12.1 Å². The normalized spacial score (nSPS) is 10.3. The number of aromatic nitrogens is 1. The van der Waals surface area contributed by atoms with E-state index in [0.717, 1.165) is 5.39 Å². The van der Waals surface area contributed by atoms with Crippen molar-refractivity contribution in [3.05, 3.63) is 24.4 Å². The van der Waals surface area contributed by atoms with E-state index in [9.17, 15) is 4.79 Å². The average Bonchev–Trinajstić information content (AvgIpc) is 2.23. The Balaban J connectivity index is 2.75. The fraction of sp³-hybridized carbons (Fsp3) is 0.0909. The Labute approximate surface area is 92.0 Å². The SMILES string of the molecule is CC(=O)Oc1cccc2c(N)cnc(N)c12. The molecule has 4 N–H and O–H groups in total. The lowest BCUT2D eigenvalue weighted by molar-refractivity contribution is -0.131. The molecule has 0 spiro atoms. The zero-order valence-corrected chi connectivity index (χ0v) is 8.73. The van der Waals surface area contributed by atoms with Crippen molar-refractivity contribution in [2.45, 2.75) is 6.92 Å². The Morgan fingerprint density at radius 2 is 2.12 bits per heavy atom. The third-order valence-corrected chi connectivity index (χ3v) is 2.19. The fourth-order valence-corrected chi connectivity index (χ4v) is 1.55. The molecule has 0 saturated heterocycles. The van der Waals surface area contributed by atoms with Gasteiger partial charge in [0.05, 0.1) is 17.3 Å². The van der Waals surface area contributed by atoms with Crippen molar-refractivity contribution in [1.82, 2.24) is 4.98 Å². The molecule has 0 aliphatic heterocycles. The Morgan fingerprint density at radius 1 is 1.38 bits per heavy atom. The molecule has 16 heavy (non-hydrogen) atoms. The molecule has 0 bridgehead atoms. The van der Waals surface area contributed by atoms with Gasteiger partial charge in [0.15, 0.2) is 0 Å². The van der Waals surface area contributed by atoms with Crippen molar-refractivity contribution in [2.75, 3.05) is 11.5 Å². The minimum Gasteiger partial charge on any atom is -0.426 e. The summed E-state index contributed by atoms with van der Waals surface area (Å²) < 4.78 is 5.05. The van der Waals surface area contributed by atoms with Crippen molar-refractivity contribution in [3.8, 4) is 5.75 Å². The minimum absolute atomic E-state index is 0.293. The standard InChI is InChI=1S/C11H11N3O2/c1-6(15)16-9-4-2-3-7-8(12)5-14-11(13)10(7)9/h2-5H,12H2,1H3,(H2,13,14). The highest BCUT2D eigenvalue weighted by atomic mass is 16.5. The van der Waals surface area contributed by atoms with Crippen LogP contribution in [0.4, 0.5) is 11.5 Å². The highest BCUT2D eigenvalue weighted by molar-refractivity contribution is 6.03. The molecule has 2 aromatic rings. The maximum Gasteiger partial charge on any atom is 0.308 e. The second kappa shape index (κ2) is 3.69. The monoisotopic (exact) mass is 217 g/mol. The molecule has 1 heterocycles. The van der Waals surface area contributed by atoms with Gasteiger partial charge in [0.2, 0.25) is 0 Å². The summed E-state index contributed by atoms with van der Waals surface area (Å²) in [6.45, 7) is 1.33. The molecule has 0 fully saturated rings. The molecule has 5 nitrogen and oxygen atoms in total. The number of rotatable bonds is 1. The van der Waals surface area contributed by atoms with Gasteiger partial charge < -0.3 is 16.2 Å². The maximum absolute atomic E-state index is 10.9. The summed E-state index contributed by atoms with van der Waals surface area (Å²) >= 11 is 0. The molecule has 5 heteroatoms. The summed E-state index contributed by atoms with van der Waals surface area (Å²) in [7, 11) is 0. The van der Waals surface area contributed by atoms with Crippen LogP contribution in [-0.4, -0.2) is 11.0 Å². The number of pyridine rings is 1. The number of ether oxygens (including phenoxy) is 1. The van der Waals surface area contributed by atoms with Gasteiger partial charge in [-0.3, -0.25) is 4.79 Å². The molecule has 1 aromatic carbocycles. The molecule has 0 aliphatic carbocycles. The number of hydrogen-bond acceptors (Lipinski definition) is 5. The number of hydrogen-bond donors (Lipinski definition) is 2. The summed E-state index contributed by atoms with van der Waals surface area (Å²) in [6, 6.07) is 5.20. The van der Waals surface area contributed by atoms with Crippen LogP contribution < -0.4 is 16.2 Å². The molecular formula is C11H11N3O2. The summed E-state index contributed by atoms with van der Waals surface area (Å²) in [5, 5.41) is 1.30. The number of nitrogen functional groups attached to an aromatic ring is 2. The van der Waals surface area contributed by atoms with E-state index < -0.39 is 5.97 Å². The van der Waals surface area contributed by atoms with Crippen LogP contribution in [0, 0.1) is 0 Å². The zero-order valence-electron chi connectivity index (χ0n) is 8.73. The van der Waals surface area contributed by atoms with Crippen LogP contribution in [-0.2, 0) is 4.79 Å². The quantitative estimate of drug-likeness (QED) is 0.555. The number of nitrogens with two attached hydrogens (primary N) is 2. The Morgan fingerprint density at radius 3 is 2.81 bits per heavy atom. The first kappa shape index (κ1) is 10.2. The van der Waals surface area contributed by atoms with Crippen LogP contribution in [0.3, 0.4) is 0 Å². The van der Waals surface area contributed by atoms with Crippen molar-refractivity contribution >= 4 is 28.2 Å². The van der Waals surface area contributed by atoms with Gasteiger partial charge in [0.1, 0.15) is 11.6 Å². The number of fused-ring (bicyclic) bond motifs is 1. The predicted octanol–water partition coefficient (Wildman–Crippen LogP) is 1.32. The summed E-state index contributed by atoms with van der Waals surface area (Å²) in [4.78, 5) is 14.9. The van der Waals surface area contributed by atoms with E-state index in [-0.39, 0.29) is 0 Å². The van der Waals surface area contributed by atoms with Crippen molar-refractivity contribution in [2.24, 2.45) is 0 Å². The van der Waals surface area contributed by atoms with Crippen LogP contribution in [0.1, 0.15) is 6.92 Å². The van der Waals surface area contributed by atoms with Crippen LogP contribution in [0.5, 0.6) is 5.75 Å². The van der Waals surface area contributed by atoms with Gasteiger partial charge >= 0.3 is 5.97 Å². The Hall–Kier alpha value is -2.30. The Bertz CT molecular complexity index is 566. The smallest absolute Gasteiger partial charge is 0.308 e. The lowest BCUT2D eigenvalue weighted by Crippen LogP contribution is -2.04. The van der Waals surface area contributed by atoms with Crippen LogP contribution in [0.15, 0.2) is 24.4 Å². The summed E-state index contributed by atoms with van der Waals surface area (Å²) in [5.41, 5.74) is 12.0. The second-order valence-corrected chi connectivity index (χ2v) is 3.37. The van der Waals surface area contributed by atoms with E-state index >= 15 is 0 Å². The molecule has 0 saturated carbocycles. The topological polar surface area (TPSA) is 91.2 Å². The number of nitrogens with zero attached hydrogens (tertiary/aromatic N) is 1. The molecule has 0 atom stereocenters. The van der Waals surface area contributed by atoms with E-state index in [4.69, 9.17) is 16.2 Å². The highest BCUT2D eigenvalue weighted by Gasteiger charge is 2.10. The van der Waals surface area contributed by atoms with Gasteiger partial charge in [-0.25, -0.2) is 4.98 Å². The van der Waals surface area contributed by atoms with E-state index in [1.807, 2.05) is 0 Å². The van der Waals surface area contributed by atoms with Crippen LogP contribution in [0.25, 0.3) is 10.8 Å². The first-order valence-electron chi connectivity index (χ1n) is 4.70. The third kappa shape index (κ3) is 1.63. The minimum atomic E-state index is -0.408. The third-order valence-electron chi connectivity index (χ3n) is 2.19. The van der Waals surface area contributed by atoms with Gasteiger partial charge in [0, 0.05) is 12.3 Å². The molecule has 1 aromatic heterocycles. The largest absolute Gasteiger partial charge is 0.426 e. The lowest BCUT2D eigenvalue weighted by Gasteiger charge is -2.09. The van der Waals surface area contributed by atoms with Gasteiger partial charge in [-0.15, -0.1) is 0 Å². The summed E-state index contributed by atoms with van der Waals surface area (Å²) in [5.74, 6) is 0.262. The van der Waals surface area contributed by atoms with E-state index in [1.54, 1.807) is 18.2 Å². The molecule has 0 unspecified atom stereocenters. The van der Waals surface area contributed by atoms with Crippen molar-refractivity contribution in [3.63, 3.8) is 0 Å². The number of carbonyl (C=O) groups is 1. The number of anilines is 2. The molecule has 2 rings (SSSR count). The first-order chi connectivity index (χ1) is 7.59. The summed E-state index contributed by atoms with van der Waals surface area (Å²) in [6.07, 6.45) is 1.48. The fourth-order valence-electron chi connectivity index (χ4n) is 1.55. The first-order valence-corrected chi connectivity index (χ1v) is 4.70. The van der Waals surface area contributed by atoms with Crippen LogP contribution >= 0.6 is 0 Å². The molecule has 0 amide bonds. The predicted molar refractivity (Wildman–Crippen MR) is 61.9 cm³/mol. The van der Waals surface area contributed by atoms with Crippen LogP contribution in [0.2, 0.25) is 0 Å². The average molecular weight is 217 g/mol. The number of benzene rings is 1. The molecule has 0 radical (unpaired) electrons. The van der Waals surface area contributed by atoms with E-state index in [2.05, 4.69) is 4.98 Å². The molecule has 0 aliphatic rings. The van der Waals surface area contributed by atoms with Gasteiger partial charge in [-0.05, 0) is 6.07 Å². The van der Waals surface area contributed by atoms with Gasteiger partial charge in [0.25, 0.3) is 0 Å². The zero-order chi connectivity index (χ0) is 11.7. The maximum atomic E-state index is 10.9. The van der Waals surface area contributed by atoms with Crippen molar-refractivity contribution in [1.29, 1.82) is 0 Å². The van der Waals surface area contributed by atoms with Gasteiger partial charge in [-0.2, -0.15) is 0 Å². The second-order valence-electron chi connectivity index (χ2n) is 3.37. The number of carbonyl (C=O) groups excluding carboxylic acids is 1. The molecular weight excluding hydrogens is 206 g/mol. The highest BCUT2D eigenvalue weighted by Crippen LogP contribution is 2.32. The lowest BCUT2D eigenvalue weighted by atomic mass is 10.1. The molecule has 82 valence electrons. The number of esters is 1.